The smallest absolute Gasteiger partial charge is 0.274 e. The van der Waals surface area contributed by atoms with Gasteiger partial charge >= 0.3 is 0 Å². The van der Waals surface area contributed by atoms with Crippen LogP contribution in [0, 0.1) is 0 Å². The molecule has 0 aliphatic heterocycles. The molecule has 0 aliphatic rings. The third-order valence-corrected chi connectivity index (χ3v) is 2.28. The van der Waals surface area contributed by atoms with Crippen molar-refractivity contribution in [2.45, 2.75) is 0 Å². The summed E-state index contributed by atoms with van der Waals surface area (Å²) in [4.78, 5) is 18.3. The number of rotatable bonds is 0. The lowest BCUT2D eigenvalue weighted by Crippen LogP contribution is -2.09. The third-order valence-electron chi connectivity index (χ3n) is 2.28. The lowest BCUT2D eigenvalue weighted by molar-refractivity contribution is 1.16. The summed E-state index contributed by atoms with van der Waals surface area (Å²) < 4.78 is 1.79. The van der Waals surface area contributed by atoms with Gasteiger partial charge in [0.15, 0.2) is 0 Å². The number of aromatic amines is 1. The number of H-pyrrole nitrogens is 1. The Labute approximate surface area is 91.0 Å². The molecular weight excluding hydrogens is 214 g/mol. The third kappa shape index (κ3) is 1.30. The number of imidazole rings is 1. The molecule has 0 saturated heterocycles. The van der Waals surface area contributed by atoms with Crippen LogP contribution in [0.15, 0.2) is 41.6 Å². The van der Waals surface area contributed by atoms with Gasteiger partial charge in [-0.1, -0.05) is 12.1 Å². The molecule has 0 radical (unpaired) electrons. The van der Waals surface area contributed by atoms with E-state index >= 15 is 0 Å². The van der Waals surface area contributed by atoms with Crippen molar-refractivity contribution >= 4 is 29.0 Å². The maximum atomic E-state index is 11.5. The molecule has 2 heterocycles. The Bertz CT molecular complexity index is 671. The highest BCUT2D eigenvalue weighted by atomic mass is 35.5. The summed E-state index contributed by atoms with van der Waals surface area (Å²) in [7, 11) is 0. The van der Waals surface area contributed by atoms with Gasteiger partial charge in [-0.05, 0) is 12.1 Å². The average molecular weight is 222 g/mol. The van der Waals surface area contributed by atoms with E-state index in [0.717, 1.165) is 11.0 Å². The van der Waals surface area contributed by atoms with Crippen LogP contribution < -0.4 is 5.56 Å². The number of nitrogens with zero attached hydrogens (tertiary/aromatic N) is 2. The topological polar surface area (TPSA) is 50.2 Å². The van der Waals surface area contributed by atoms with Crippen molar-refractivity contribution < 1.29 is 0 Å². The standard InChI is InChI=1S/C10H7N3O.ClH/c14-10-9-5-11-6-13(9)8-4-2-1-3-7(8)12-10;/h1-6H,(H,12,14);1H. The highest BCUT2D eigenvalue weighted by Crippen LogP contribution is 2.10. The van der Waals surface area contributed by atoms with Gasteiger partial charge < -0.3 is 4.98 Å². The van der Waals surface area contributed by atoms with Crippen LogP contribution in [0.5, 0.6) is 0 Å². The molecule has 3 aromatic rings. The molecule has 0 bridgehead atoms. The molecule has 4 nitrogen and oxygen atoms in total. The lowest BCUT2D eigenvalue weighted by atomic mass is 10.3. The van der Waals surface area contributed by atoms with Crippen LogP contribution in [0.25, 0.3) is 16.6 Å². The molecule has 0 amide bonds. The van der Waals surface area contributed by atoms with Gasteiger partial charge in [-0.2, -0.15) is 0 Å². The van der Waals surface area contributed by atoms with E-state index in [0.29, 0.717) is 5.52 Å². The van der Waals surface area contributed by atoms with Gasteiger partial charge in [-0.15, -0.1) is 12.4 Å². The van der Waals surface area contributed by atoms with Crippen molar-refractivity contribution in [3.05, 3.63) is 47.1 Å². The fourth-order valence-corrected chi connectivity index (χ4v) is 1.63. The van der Waals surface area contributed by atoms with Crippen LogP contribution in [-0.2, 0) is 0 Å². The fourth-order valence-electron chi connectivity index (χ4n) is 1.63. The van der Waals surface area contributed by atoms with Crippen LogP contribution in [0.4, 0.5) is 0 Å². The Morgan fingerprint density at radius 3 is 2.87 bits per heavy atom. The summed E-state index contributed by atoms with van der Waals surface area (Å²) in [5.41, 5.74) is 2.24. The van der Waals surface area contributed by atoms with E-state index in [1.165, 1.54) is 0 Å². The summed E-state index contributed by atoms with van der Waals surface area (Å²) in [5, 5.41) is 0. The van der Waals surface area contributed by atoms with Gasteiger partial charge in [0.25, 0.3) is 5.56 Å². The maximum Gasteiger partial charge on any atom is 0.274 e. The Morgan fingerprint density at radius 1 is 1.20 bits per heavy atom. The first-order valence-electron chi connectivity index (χ1n) is 4.29. The average Bonchev–Trinajstić information content (AvgIpc) is 2.67. The molecule has 76 valence electrons. The second-order valence-corrected chi connectivity index (χ2v) is 3.12. The molecule has 0 saturated carbocycles. The summed E-state index contributed by atoms with van der Waals surface area (Å²) in [6, 6.07) is 7.64. The molecule has 0 unspecified atom stereocenters. The molecule has 1 N–H and O–H groups in total. The molecule has 0 atom stereocenters. The zero-order valence-corrected chi connectivity index (χ0v) is 8.49. The number of para-hydroxylation sites is 2. The van der Waals surface area contributed by atoms with Crippen molar-refractivity contribution in [1.29, 1.82) is 0 Å². The molecule has 0 aliphatic carbocycles. The van der Waals surface area contributed by atoms with E-state index in [4.69, 9.17) is 0 Å². The minimum absolute atomic E-state index is 0. The van der Waals surface area contributed by atoms with E-state index in [1.54, 1.807) is 16.9 Å². The number of nitrogens with one attached hydrogen (secondary N) is 1. The molecule has 2 aromatic heterocycles. The van der Waals surface area contributed by atoms with Crippen molar-refractivity contribution in [1.82, 2.24) is 14.4 Å². The van der Waals surface area contributed by atoms with Gasteiger partial charge in [0.2, 0.25) is 0 Å². The summed E-state index contributed by atoms with van der Waals surface area (Å²) in [5.74, 6) is 0. The minimum atomic E-state index is -0.110. The Balaban J connectivity index is 0.000000853. The predicted molar refractivity (Wildman–Crippen MR) is 60.6 cm³/mol. The molecule has 1 aromatic carbocycles. The first-order valence-corrected chi connectivity index (χ1v) is 4.29. The van der Waals surface area contributed by atoms with E-state index < -0.39 is 0 Å². The highest BCUT2D eigenvalue weighted by Gasteiger charge is 2.02. The molecular formula is C10H8ClN3O. The zero-order valence-electron chi connectivity index (χ0n) is 7.68. The largest absolute Gasteiger partial charge is 0.319 e. The number of fused-ring (bicyclic) bond motifs is 3. The van der Waals surface area contributed by atoms with E-state index in [1.807, 2.05) is 24.3 Å². The van der Waals surface area contributed by atoms with Crippen LogP contribution in [0.1, 0.15) is 0 Å². The fraction of sp³-hybridized carbons (Fsp3) is 0. The minimum Gasteiger partial charge on any atom is -0.319 e. The molecule has 15 heavy (non-hydrogen) atoms. The predicted octanol–water partition coefficient (Wildman–Crippen LogP) is 1.60. The lowest BCUT2D eigenvalue weighted by Gasteiger charge is -1.99. The van der Waals surface area contributed by atoms with Crippen LogP contribution >= 0.6 is 12.4 Å². The number of hydrogen-bond donors (Lipinski definition) is 1. The molecule has 0 fully saturated rings. The van der Waals surface area contributed by atoms with Crippen molar-refractivity contribution in [3.63, 3.8) is 0 Å². The number of aromatic nitrogens is 3. The van der Waals surface area contributed by atoms with Gasteiger partial charge in [0, 0.05) is 0 Å². The summed E-state index contributed by atoms with van der Waals surface area (Å²) >= 11 is 0. The first kappa shape index (κ1) is 9.73. The SMILES string of the molecule is Cl.O=c1[nH]c2ccccc2n2cncc12. The second kappa shape index (κ2) is 3.40. The summed E-state index contributed by atoms with van der Waals surface area (Å²) in [6.07, 6.45) is 3.21. The monoisotopic (exact) mass is 221 g/mol. The van der Waals surface area contributed by atoms with Crippen LogP contribution in [0.3, 0.4) is 0 Å². The Morgan fingerprint density at radius 2 is 2.00 bits per heavy atom. The van der Waals surface area contributed by atoms with Crippen molar-refractivity contribution in [2.75, 3.05) is 0 Å². The maximum absolute atomic E-state index is 11.5. The van der Waals surface area contributed by atoms with E-state index in [-0.39, 0.29) is 18.0 Å². The Hall–Kier alpha value is -1.81. The van der Waals surface area contributed by atoms with Gasteiger partial charge in [-0.3, -0.25) is 9.20 Å². The van der Waals surface area contributed by atoms with Crippen LogP contribution in [-0.4, -0.2) is 14.4 Å². The highest BCUT2D eigenvalue weighted by molar-refractivity contribution is 5.85. The second-order valence-electron chi connectivity index (χ2n) is 3.12. The molecule has 5 heteroatoms. The summed E-state index contributed by atoms with van der Waals surface area (Å²) in [6.45, 7) is 0. The van der Waals surface area contributed by atoms with Crippen LogP contribution in [0.2, 0.25) is 0 Å². The van der Waals surface area contributed by atoms with Gasteiger partial charge in [-0.25, -0.2) is 4.98 Å². The Kier molecular flexibility index (Phi) is 2.21. The first-order chi connectivity index (χ1) is 6.86. The van der Waals surface area contributed by atoms with Gasteiger partial charge in [0.05, 0.1) is 23.6 Å². The molecule has 3 rings (SSSR count). The van der Waals surface area contributed by atoms with E-state index in [2.05, 4.69) is 9.97 Å². The number of benzene rings is 1. The number of halogens is 1. The molecule has 0 spiro atoms. The van der Waals surface area contributed by atoms with Gasteiger partial charge in [0.1, 0.15) is 5.52 Å². The number of hydrogen-bond acceptors (Lipinski definition) is 2. The normalized spacial score (nSPS) is 10.4. The quantitative estimate of drug-likeness (QED) is 0.627. The zero-order chi connectivity index (χ0) is 9.54. The van der Waals surface area contributed by atoms with Crippen molar-refractivity contribution in [2.24, 2.45) is 0 Å². The van der Waals surface area contributed by atoms with Crippen molar-refractivity contribution in [3.8, 4) is 0 Å². The van der Waals surface area contributed by atoms with E-state index in [9.17, 15) is 4.79 Å².